The molecular weight excluding hydrogens is 158 g/mol. The molecule has 0 nitrogen and oxygen atoms in total. The summed E-state index contributed by atoms with van der Waals surface area (Å²) < 4.78 is 0. The van der Waals surface area contributed by atoms with Gasteiger partial charge in [-0.1, -0.05) is 0 Å². The predicted octanol–water partition coefficient (Wildman–Crippen LogP) is -1.34. The average molecular weight is 163 g/mol. The summed E-state index contributed by atoms with van der Waals surface area (Å²) in [6.45, 7) is 0. The Kier molecular flexibility index (Phi) is 140. The van der Waals surface area contributed by atoms with Crippen molar-refractivity contribution in [3.63, 3.8) is 0 Å². The number of hydrogen-bond acceptors (Lipinski definition) is 0. The summed E-state index contributed by atoms with van der Waals surface area (Å²) in [6, 6.07) is 0. The van der Waals surface area contributed by atoms with Crippen molar-refractivity contribution in [2.75, 3.05) is 0 Å². The van der Waals surface area contributed by atoms with Crippen molar-refractivity contribution >= 4 is 40.4 Å². The standard InChI is InChI=1S/Al.Mg.Ni.Ti.5H/q;+2;;;;;;2*-1. The summed E-state index contributed by atoms with van der Waals surface area (Å²) in [4.78, 5) is 0. The van der Waals surface area contributed by atoms with Gasteiger partial charge in [-0.05, 0) is 0 Å². The minimum absolute atomic E-state index is 0. The van der Waals surface area contributed by atoms with E-state index < -0.39 is 0 Å². The van der Waals surface area contributed by atoms with Crippen LogP contribution >= 0.6 is 0 Å². The summed E-state index contributed by atoms with van der Waals surface area (Å²) in [7, 11) is 0. The molecule has 0 aliphatic rings. The van der Waals surface area contributed by atoms with Gasteiger partial charge in [0, 0.05) is 38.2 Å². The zero-order valence-corrected chi connectivity index (χ0v) is 5.49. The molecule has 0 rings (SSSR count). The Bertz CT molecular complexity index is 13.5. The Labute approximate surface area is 80.5 Å². The second kappa shape index (κ2) is 17.8. The third kappa shape index (κ3) is 8.82. The summed E-state index contributed by atoms with van der Waals surface area (Å²) in [5, 5.41) is 0. The van der Waals surface area contributed by atoms with Gasteiger partial charge in [0.2, 0.25) is 0 Å². The molecule has 0 amide bonds. The monoisotopic (exact) mass is 162 g/mol. The van der Waals surface area contributed by atoms with E-state index in [1.165, 1.54) is 0 Å². The zero-order chi connectivity index (χ0) is 0. The largest absolute Gasteiger partial charge is 2.00 e. The third-order valence-corrected chi connectivity index (χ3v) is 0. The van der Waals surface area contributed by atoms with Crippen LogP contribution in [-0.4, -0.2) is 40.4 Å². The van der Waals surface area contributed by atoms with Crippen molar-refractivity contribution in [2.45, 2.75) is 0 Å². The Morgan fingerprint density at radius 1 is 1.25 bits per heavy atom. The zero-order valence-electron chi connectivity index (χ0n) is 3.52. The van der Waals surface area contributed by atoms with Crippen molar-refractivity contribution in [1.82, 2.24) is 0 Å². The van der Waals surface area contributed by atoms with Crippen LogP contribution < -0.4 is 0 Å². The van der Waals surface area contributed by atoms with Crippen molar-refractivity contribution in [3.8, 4) is 0 Å². The molecule has 24 valence electrons. The van der Waals surface area contributed by atoms with E-state index in [0.717, 1.165) is 0 Å². The Morgan fingerprint density at radius 3 is 1.25 bits per heavy atom. The molecular formula is H5AlMgNiTi. The first-order valence-electron chi connectivity index (χ1n) is 0. The van der Waals surface area contributed by atoms with E-state index in [0.29, 0.717) is 0 Å². The van der Waals surface area contributed by atoms with Crippen LogP contribution in [0.25, 0.3) is 0 Å². The third-order valence-electron chi connectivity index (χ3n) is 0. The van der Waals surface area contributed by atoms with E-state index >= 15 is 0 Å². The van der Waals surface area contributed by atoms with Gasteiger partial charge in [-0.3, -0.25) is 0 Å². The maximum Gasteiger partial charge on any atom is 2.00 e. The van der Waals surface area contributed by atoms with Gasteiger partial charge >= 0.3 is 23.1 Å². The van der Waals surface area contributed by atoms with Crippen molar-refractivity contribution in [1.29, 1.82) is 0 Å². The van der Waals surface area contributed by atoms with Crippen LogP contribution in [0.15, 0.2) is 0 Å². The quantitative estimate of drug-likeness (QED) is 0.387. The van der Waals surface area contributed by atoms with Crippen LogP contribution in [0.4, 0.5) is 0 Å². The van der Waals surface area contributed by atoms with Gasteiger partial charge in [-0.15, -0.1) is 0 Å². The van der Waals surface area contributed by atoms with Crippen LogP contribution in [0, 0.1) is 0 Å². The van der Waals surface area contributed by atoms with E-state index in [1.807, 2.05) is 0 Å². The summed E-state index contributed by atoms with van der Waals surface area (Å²) in [6.07, 6.45) is 0. The van der Waals surface area contributed by atoms with Crippen LogP contribution in [0.1, 0.15) is 2.85 Å². The Balaban J connectivity index is 0. The van der Waals surface area contributed by atoms with Crippen molar-refractivity contribution < 1.29 is 41.1 Å². The van der Waals surface area contributed by atoms with Gasteiger partial charge < -0.3 is 2.85 Å². The first kappa shape index (κ1) is 31.4. The van der Waals surface area contributed by atoms with Gasteiger partial charge in [0.1, 0.15) is 0 Å². The molecule has 0 aromatic carbocycles. The average Bonchev–Trinajstić information content (AvgIpc) is 0. The maximum atomic E-state index is 0. The molecule has 0 spiro atoms. The first-order valence-corrected chi connectivity index (χ1v) is 0. The molecule has 0 unspecified atom stereocenters. The van der Waals surface area contributed by atoms with E-state index in [2.05, 4.69) is 0 Å². The van der Waals surface area contributed by atoms with Gasteiger partial charge in [-0.2, -0.15) is 0 Å². The molecule has 0 saturated carbocycles. The van der Waals surface area contributed by atoms with Crippen molar-refractivity contribution in [3.05, 3.63) is 0 Å². The Morgan fingerprint density at radius 2 is 1.25 bits per heavy atom. The Hall–Kier alpha value is 2.51. The maximum absolute atomic E-state index is 0. The molecule has 0 saturated heterocycles. The fourth-order valence-electron chi connectivity index (χ4n) is 0. The van der Waals surface area contributed by atoms with Crippen molar-refractivity contribution in [2.24, 2.45) is 0 Å². The number of hydrogen-bond donors (Lipinski definition) is 0. The molecule has 0 aliphatic carbocycles. The minimum Gasteiger partial charge on any atom is -1.00 e. The fraction of sp³-hybridized carbons (Fsp3) is 0. The van der Waals surface area contributed by atoms with Gasteiger partial charge in [0.15, 0.2) is 17.4 Å². The summed E-state index contributed by atoms with van der Waals surface area (Å²) in [5.74, 6) is 0. The molecule has 0 fully saturated rings. The van der Waals surface area contributed by atoms with E-state index in [9.17, 15) is 0 Å². The van der Waals surface area contributed by atoms with E-state index in [4.69, 9.17) is 0 Å². The molecule has 0 atom stereocenters. The van der Waals surface area contributed by atoms with Gasteiger partial charge in [-0.25, -0.2) is 0 Å². The predicted molar refractivity (Wildman–Crippen MR) is 17.9 cm³/mol. The van der Waals surface area contributed by atoms with Gasteiger partial charge in [0.05, 0.1) is 0 Å². The van der Waals surface area contributed by atoms with Gasteiger partial charge in [0.25, 0.3) is 0 Å². The molecule has 0 heterocycles. The van der Waals surface area contributed by atoms with E-state index in [1.54, 1.807) is 0 Å². The SMILES string of the molecule is [AlH3].[H-].[H-].[Mg+2].[Ni].[Ti]. The van der Waals surface area contributed by atoms with E-state index in [-0.39, 0.29) is 81.5 Å². The second-order valence-corrected chi connectivity index (χ2v) is 0. The molecule has 4 heavy (non-hydrogen) atoms. The summed E-state index contributed by atoms with van der Waals surface area (Å²) >= 11 is 0. The summed E-state index contributed by atoms with van der Waals surface area (Å²) in [5.41, 5.74) is 0. The number of rotatable bonds is 0. The van der Waals surface area contributed by atoms with Crippen LogP contribution in [0.5, 0.6) is 0 Å². The molecule has 0 aromatic heterocycles. The normalized spacial score (nSPS) is 0. The smallest absolute Gasteiger partial charge is 1.00 e. The topological polar surface area (TPSA) is 0 Å². The first-order chi connectivity index (χ1) is 0. The molecule has 0 bridgehead atoms. The molecule has 0 N–H and O–H groups in total. The molecule has 0 aromatic rings. The van der Waals surface area contributed by atoms with Crippen LogP contribution in [-0.2, 0) is 38.2 Å². The second-order valence-electron chi connectivity index (χ2n) is 0. The van der Waals surface area contributed by atoms with Crippen LogP contribution in [0.3, 0.4) is 0 Å². The molecule has 0 aliphatic heterocycles. The molecule has 4 heteroatoms. The molecule has 0 radical (unpaired) electrons. The minimum atomic E-state index is 0. The van der Waals surface area contributed by atoms with Crippen LogP contribution in [0.2, 0.25) is 0 Å². The fourth-order valence-corrected chi connectivity index (χ4v) is 0.